The molecular weight excluding hydrogens is 268 g/mol. The number of hydrogen-bond acceptors (Lipinski definition) is 2. The number of para-hydroxylation sites is 1. The van der Waals surface area contributed by atoms with E-state index >= 15 is 0 Å². The number of rotatable bonds is 4. The quantitative estimate of drug-likeness (QED) is 0.920. The third-order valence-electron chi connectivity index (χ3n) is 2.18. The molecule has 1 rings (SSSR count). The highest BCUT2D eigenvalue weighted by Crippen LogP contribution is 2.22. The molecule has 3 nitrogen and oxygen atoms in total. The molecule has 0 aliphatic rings. The summed E-state index contributed by atoms with van der Waals surface area (Å²) in [6.07, 6.45) is 1.41. The highest BCUT2D eigenvalue weighted by Gasteiger charge is 2.17. The monoisotopic (exact) mass is 280 g/mol. The van der Waals surface area contributed by atoms with Gasteiger partial charge >= 0.3 is 0 Å². The van der Waals surface area contributed by atoms with Crippen LogP contribution in [-0.4, -0.2) is 5.91 Å². The number of halogens is 1. The van der Waals surface area contributed by atoms with Crippen LogP contribution in [0.4, 0.5) is 5.69 Å². The van der Waals surface area contributed by atoms with Crippen LogP contribution in [0.15, 0.2) is 28.7 Å². The van der Waals surface area contributed by atoms with Gasteiger partial charge in [0.15, 0.2) is 0 Å². The van der Waals surface area contributed by atoms with Crippen LogP contribution in [0.25, 0.3) is 0 Å². The van der Waals surface area contributed by atoms with Crippen molar-refractivity contribution in [1.29, 1.82) is 5.26 Å². The maximum atomic E-state index is 11.7. The van der Waals surface area contributed by atoms with E-state index in [9.17, 15) is 4.79 Å². The summed E-state index contributed by atoms with van der Waals surface area (Å²) >= 11 is 3.34. The van der Waals surface area contributed by atoms with Crippen molar-refractivity contribution in [2.75, 3.05) is 5.32 Å². The Balaban J connectivity index is 2.71. The molecule has 0 aliphatic heterocycles. The minimum atomic E-state index is -0.572. The Hall–Kier alpha value is -1.34. The standard InChI is InChI=1S/C12H13BrN2O/c1-2-5-9(8-14)12(16)15-11-7-4-3-6-10(11)13/h3-4,6-7,9H,2,5H2,1H3,(H,15,16). The Morgan fingerprint density at radius 1 is 1.56 bits per heavy atom. The highest BCUT2D eigenvalue weighted by atomic mass is 79.9. The smallest absolute Gasteiger partial charge is 0.241 e. The number of nitriles is 1. The third kappa shape index (κ3) is 3.35. The first kappa shape index (κ1) is 12.7. The molecule has 0 aliphatic carbocycles. The van der Waals surface area contributed by atoms with Crippen LogP contribution in [0.2, 0.25) is 0 Å². The van der Waals surface area contributed by atoms with Gasteiger partial charge in [-0.05, 0) is 34.5 Å². The second-order valence-electron chi connectivity index (χ2n) is 3.44. The molecule has 0 aromatic heterocycles. The molecule has 1 amide bonds. The Bertz CT molecular complexity index is 412. The summed E-state index contributed by atoms with van der Waals surface area (Å²) in [7, 11) is 0. The zero-order valence-electron chi connectivity index (χ0n) is 9.03. The van der Waals surface area contributed by atoms with Crippen LogP contribution < -0.4 is 5.32 Å². The number of nitrogens with one attached hydrogen (secondary N) is 1. The van der Waals surface area contributed by atoms with Crippen molar-refractivity contribution in [1.82, 2.24) is 0 Å². The fourth-order valence-electron chi connectivity index (χ4n) is 1.33. The lowest BCUT2D eigenvalue weighted by Gasteiger charge is -2.10. The molecule has 1 atom stereocenters. The average molecular weight is 281 g/mol. The molecule has 0 heterocycles. The topological polar surface area (TPSA) is 52.9 Å². The summed E-state index contributed by atoms with van der Waals surface area (Å²) in [4.78, 5) is 11.7. The molecule has 16 heavy (non-hydrogen) atoms. The van der Waals surface area contributed by atoms with Crippen LogP contribution in [0, 0.1) is 17.2 Å². The molecule has 1 unspecified atom stereocenters. The maximum absolute atomic E-state index is 11.7. The number of hydrogen-bond donors (Lipinski definition) is 1. The van der Waals surface area contributed by atoms with Crippen molar-refractivity contribution in [3.05, 3.63) is 28.7 Å². The Labute approximate surface area is 104 Å². The fraction of sp³-hybridized carbons (Fsp3) is 0.333. The zero-order valence-corrected chi connectivity index (χ0v) is 10.6. The van der Waals surface area contributed by atoms with Gasteiger partial charge in [0, 0.05) is 4.47 Å². The van der Waals surface area contributed by atoms with Gasteiger partial charge in [0.1, 0.15) is 5.92 Å². The average Bonchev–Trinajstić information content (AvgIpc) is 2.29. The molecule has 0 radical (unpaired) electrons. The van der Waals surface area contributed by atoms with Gasteiger partial charge in [-0.25, -0.2) is 0 Å². The Kier molecular flexibility index (Phi) is 5.00. The number of amides is 1. The maximum Gasteiger partial charge on any atom is 0.241 e. The number of anilines is 1. The molecular formula is C12H13BrN2O. The predicted molar refractivity (Wildman–Crippen MR) is 66.8 cm³/mol. The lowest BCUT2D eigenvalue weighted by Crippen LogP contribution is -2.21. The van der Waals surface area contributed by atoms with Gasteiger partial charge in [-0.15, -0.1) is 0 Å². The molecule has 1 N–H and O–H groups in total. The molecule has 0 bridgehead atoms. The van der Waals surface area contributed by atoms with Crippen LogP contribution >= 0.6 is 15.9 Å². The summed E-state index contributed by atoms with van der Waals surface area (Å²) in [5.41, 5.74) is 0.698. The minimum absolute atomic E-state index is 0.240. The first-order valence-corrected chi connectivity index (χ1v) is 5.93. The summed E-state index contributed by atoms with van der Waals surface area (Å²) in [6, 6.07) is 9.36. The van der Waals surface area contributed by atoms with Gasteiger partial charge in [-0.2, -0.15) is 5.26 Å². The van der Waals surface area contributed by atoms with Gasteiger partial charge in [0.05, 0.1) is 11.8 Å². The molecule has 0 fully saturated rings. The molecule has 0 spiro atoms. The molecule has 1 aromatic rings. The van der Waals surface area contributed by atoms with Crippen molar-refractivity contribution in [3.63, 3.8) is 0 Å². The fourth-order valence-corrected chi connectivity index (χ4v) is 1.71. The van der Waals surface area contributed by atoms with Crippen molar-refractivity contribution in [3.8, 4) is 6.07 Å². The molecule has 0 saturated heterocycles. The van der Waals surface area contributed by atoms with Crippen molar-refractivity contribution < 1.29 is 4.79 Å². The van der Waals surface area contributed by atoms with E-state index in [4.69, 9.17) is 5.26 Å². The number of carbonyl (C=O) groups excluding carboxylic acids is 1. The molecule has 84 valence electrons. The molecule has 0 saturated carbocycles. The minimum Gasteiger partial charge on any atom is -0.324 e. The van der Waals surface area contributed by atoms with Crippen LogP contribution in [0.1, 0.15) is 19.8 Å². The number of nitrogens with zero attached hydrogens (tertiary/aromatic N) is 1. The van der Waals surface area contributed by atoms with Gasteiger partial charge in [0.2, 0.25) is 5.91 Å². The zero-order chi connectivity index (χ0) is 12.0. The van der Waals surface area contributed by atoms with Gasteiger partial charge in [-0.3, -0.25) is 4.79 Å². The third-order valence-corrected chi connectivity index (χ3v) is 2.87. The van der Waals surface area contributed by atoms with Crippen molar-refractivity contribution in [2.24, 2.45) is 5.92 Å². The normalized spacial score (nSPS) is 11.6. The van der Waals surface area contributed by atoms with E-state index in [2.05, 4.69) is 21.2 Å². The largest absolute Gasteiger partial charge is 0.324 e. The second kappa shape index (κ2) is 6.29. The van der Waals surface area contributed by atoms with E-state index in [-0.39, 0.29) is 5.91 Å². The molecule has 4 heteroatoms. The van der Waals surface area contributed by atoms with Gasteiger partial charge in [-0.1, -0.05) is 25.5 Å². The van der Waals surface area contributed by atoms with E-state index in [1.165, 1.54) is 0 Å². The summed E-state index contributed by atoms with van der Waals surface area (Å²) in [5, 5.41) is 11.6. The summed E-state index contributed by atoms with van der Waals surface area (Å²) in [5.74, 6) is -0.812. The van der Waals surface area contributed by atoms with Crippen LogP contribution in [0.5, 0.6) is 0 Å². The van der Waals surface area contributed by atoms with Crippen molar-refractivity contribution >= 4 is 27.5 Å². The predicted octanol–water partition coefficient (Wildman–Crippen LogP) is 3.33. The Morgan fingerprint density at radius 3 is 2.81 bits per heavy atom. The van der Waals surface area contributed by atoms with Gasteiger partial charge < -0.3 is 5.32 Å². The van der Waals surface area contributed by atoms with Crippen molar-refractivity contribution in [2.45, 2.75) is 19.8 Å². The Morgan fingerprint density at radius 2 is 2.25 bits per heavy atom. The van der Waals surface area contributed by atoms with Crippen LogP contribution in [-0.2, 0) is 4.79 Å². The van der Waals surface area contributed by atoms with Gasteiger partial charge in [0.25, 0.3) is 0 Å². The SMILES string of the molecule is CCCC(C#N)C(=O)Nc1ccccc1Br. The second-order valence-corrected chi connectivity index (χ2v) is 4.29. The van der Waals surface area contributed by atoms with Crippen LogP contribution in [0.3, 0.4) is 0 Å². The number of benzene rings is 1. The summed E-state index contributed by atoms with van der Waals surface area (Å²) in [6.45, 7) is 1.95. The number of carbonyl (C=O) groups is 1. The lowest BCUT2D eigenvalue weighted by molar-refractivity contribution is -0.118. The van der Waals surface area contributed by atoms with E-state index in [1.54, 1.807) is 6.07 Å². The van der Waals surface area contributed by atoms with E-state index in [1.807, 2.05) is 31.2 Å². The first-order chi connectivity index (χ1) is 7.69. The highest BCUT2D eigenvalue weighted by molar-refractivity contribution is 9.10. The summed E-state index contributed by atoms with van der Waals surface area (Å²) < 4.78 is 0.816. The van der Waals surface area contributed by atoms with E-state index < -0.39 is 5.92 Å². The van der Waals surface area contributed by atoms with E-state index in [0.717, 1.165) is 10.9 Å². The molecule has 1 aromatic carbocycles. The lowest BCUT2D eigenvalue weighted by atomic mass is 10.0. The first-order valence-electron chi connectivity index (χ1n) is 5.14. The van der Waals surface area contributed by atoms with E-state index in [0.29, 0.717) is 12.1 Å².